The fraction of sp³-hybridized carbons (Fsp3) is 0.417. The van der Waals surface area contributed by atoms with Gasteiger partial charge in [0.1, 0.15) is 0 Å². The number of aliphatic hydroxyl groups is 1. The molecule has 0 bridgehead atoms. The van der Waals surface area contributed by atoms with Crippen molar-refractivity contribution in [3.05, 3.63) is 33.9 Å². The number of rotatable bonds is 4. The Balaban J connectivity index is 2.86. The second-order valence-corrected chi connectivity index (χ2v) is 4.83. The average molecular weight is 267 g/mol. The number of hydrogen-bond acceptors (Lipinski definition) is 4. The van der Waals surface area contributed by atoms with Crippen LogP contribution in [0.5, 0.6) is 0 Å². The van der Waals surface area contributed by atoms with E-state index in [1.807, 2.05) is 0 Å². The normalized spacial score (nSPS) is 10.9. The summed E-state index contributed by atoms with van der Waals surface area (Å²) in [7, 11) is 0. The first-order valence-electron chi connectivity index (χ1n) is 5.71. The van der Waals surface area contributed by atoms with E-state index < -0.39 is 16.5 Å². The van der Waals surface area contributed by atoms with Gasteiger partial charge in [-0.3, -0.25) is 10.1 Å². The van der Waals surface area contributed by atoms with Crippen LogP contribution in [0.2, 0.25) is 0 Å². The molecule has 0 aliphatic rings. The lowest BCUT2D eigenvalue weighted by Gasteiger charge is -2.23. The Bertz CT molecular complexity index is 500. The molecule has 0 spiro atoms. The first-order valence-corrected chi connectivity index (χ1v) is 5.71. The molecule has 1 aromatic carbocycles. The van der Waals surface area contributed by atoms with Gasteiger partial charge >= 0.3 is 6.03 Å². The summed E-state index contributed by atoms with van der Waals surface area (Å²) in [6, 6.07) is 3.92. The van der Waals surface area contributed by atoms with Crippen molar-refractivity contribution >= 4 is 17.4 Å². The molecule has 7 nitrogen and oxygen atoms in total. The summed E-state index contributed by atoms with van der Waals surface area (Å²) in [5, 5.41) is 24.9. The Morgan fingerprint density at radius 3 is 2.63 bits per heavy atom. The molecule has 0 radical (unpaired) electrons. The third kappa shape index (κ3) is 3.92. The second kappa shape index (κ2) is 5.66. The molecule has 1 aromatic rings. The van der Waals surface area contributed by atoms with E-state index in [0.29, 0.717) is 11.3 Å². The maximum Gasteiger partial charge on any atom is 0.319 e. The van der Waals surface area contributed by atoms with Crippen LogP contribution in [0.15, 0.2) is 18.2 Å². The van der Waals surface area contributed by atoms with E-state index in [4.69, 9.17) is 5.11 Å². The monoisotopic (exact) mass is 267 g/mol. The predicted octanol–water partition coefficient (Wildman–Crippen LogP) is 1.80. The Morgan fingerprint density at radius 2 is 2.11 bits per heavy atom. The van der Waals surface area contributed by atoms with Crippen LogP contribution in [0.25, 0.3) is 0 Å². The summed E-state index contributed by atoms with van der Waals surface area (Å²) in [4.78, 5) is 22.0. The summed E-state index contributed by atoms with van der Waals surface area (Å²) < 4.78 is 0. The van der Waals surface area contributed by atoms with Crippen LogP contribution in [-0.4, -0.2) is 28.2 Å². The van der Waals surface area contributed by atoms with Crippen LogP contribution >= 0.6 is 0 Å². The molecule has 1 rings (SSSR count). The minimum atomic E-state index is -0.765. The number of carbonyl (C=O) groups excluding carboxylic acids is 1. The van der Waals surface area contributed by atoms with Gasteiger partial charge in [-0.15, -0.1) is 0 Å². The van der Waals surface area contributed by atoms with Gasteiger partial charge in [0.2, 0.25) is 0 Å². The van der Waals surface area contributed by atoms with Gasteiger partial charge in [0.25, 0.3) is 5.69 Å². The SMILES string of the molecule is Cc1c(NC(=O)NC(C)(C)CO)cccc1[N+](=O)[O-]. The summed E-state index contributed by atoms with van der Waals surface area (Å²) in [6.45, 7) is 4.67. The number of aliphatic hydroxyl groups excluding tert-OH is 1. The van der Waals surface area contributed by atoms with Gasteiger partial charge in [-0.05, 0) is 26.8 Å². The first kappa shape index (κ1) is 14.9. The number of amides is 2. The maximum absolute atomic E-state index is 11.7. The highest BCUT2D eigenvalue weighted by atomic mass is 16.6. The molecule has 0 fully saturated rings. The Morgan fingerprint density at radius 1 is 1.47 bits per heavy atom. The van der Waals surface area contributed by atoms with Gasteiger partial charge in [-0.2, -0.15) is 0 Å². The number of hydrogen-bond donors (Lipinski definition) is 3. The quantitative estimate of drug-likeness (QED) is 0.571. The van der Waals surface area contributed by atoms with Gasteiger partial charge < -0.3 is 15.7 Å². The van der Waals surface area contributed by atoms with Gasteiger partial charge in [0.05, 0.1) is 28.3 Å². The molecule has 3 N–H and O–H groups in total. The molecule has 0 saturated heterocycles. The zero-order valence-electron chi connectivity index (χ0n) is 11.1. The van der Waals surface area contributed by atoms with E-state index in [-0.39, 0.29) is 12.3 Å². The molecule has 0 heterocycles. The highest BCUT2D eigenvalue weighted by Gasteiger charge is 2.20. The zero-order chi connectivity index (χ0) is 14.6. The molecule has 19 heavy (non-hydrogen) atoms. The number of benzene rings is 1. The van der Waals surface area contributed by atoms with Gasteiger partial charge in [0.15, 0.2) is 0 Å². The minimum Gasteiger partial charge on any atom is -0.394 e. The first-order chi connectivity index (χ1) is 8.76. The maximum atomic E-state index is 11.7. The number of carbonyl (C=O) groups is 1. The fourth-order valence-corrected chi connectivity index (χ4v) is 1.46. The van der Waals surface area contributed by atoms with Crippen LogP contribution in [0, 0.1) is 17.0 Å². The average Bonchev–Trinajstić information content (AvgIpc) is 2.30. The van der Waals surface area contributed by atoms with Crippen molar-refractivity contribution in [1.29, 1.82) is 0 Å². The lowest BCUT2D eigenvalue weighted by atomic mass is 10.1. The van der Waals surface area contributed by atoms with E-state index in [9.17, 15) is 14.9 Å². The third-order valence-electron chi connectivity index (χ3n) is 2.60. The highest BCUT2D eigenvalue weighted by Crippen LogP contribution is 2.24. The molecule has 2 amide bonds. The summed E-state index contributed by atoms with van der Waals surface area (Å²) in [6.07, 6.45) is 0. The van der Waals surface area contributed by atoms with Crippen molar-refractivity contribution in [2.45, 2.75) is 26.3 Å². The van der Waals surface area contributed by atoms with Crippen LogP contribution in [0.3, 0.4) is 0 Å². The highest BCUT2D eigenvalue weighted by molar-refractivity contribution is 5.91. The van der Waals surface area contributed by atoms with Gasteiger partial charge in [0, 0.05) is 6.07 Å². The topological polar surface area (TPSA) is 104 Å². The zero-order valence-corrected chi connectivity index (χ0v) is 11.1. The third-order valence-corrected chi connectivity index (χ3v) is 2.60. The van der Waals surface area contributed by atoms with E-state index in [1.54, 1.807) is 26.8 Å². The minimum absolute atomic E-state index is 0.0563. The van der Waals surface area contributed by atoms with Crippen molar-refractivity contribution < 1.29 is 14.8 Å². The van der Waals surface area contributed by atoms with Crippen molar-refractivity contribution in [2.24, 2.45) is 0 Å². The number of nitro groups is 1. The number of anilines is 1. The van der Waals surface area contributed by atoms with E-state index in [1.165, 1.54) is 12.1 Å². The number of urea groups is 1. The van der Waals surface area contributed by atoms with E-state index in [2.05, 4.69) is 10.6 Å². The van der Waals surface area contributed by atoms with Gasteiger partial charge in [-0.1, -0.05) is 6.07 Å². The molecule has 0 atom stereocenters. The molecule has 0 unspecified atom stereocenters. The van der Waals surface area contributed by atoms with Crippen LogP contribution in [0.1, 0.15) is 19.4 Å². The Kier molecular flexibility index (Phi) is 4.44. The van der Waals surface area contributed by atoms with Crippen molar-refractivity contribution in [3.8, 4) is 0 Å². The second-order valence-electron chi connectivity index (χ2n) is 4.83. The van der Waals surface area contributed by atoms with Crippen molar-refractivity contribution in [1.82, 2.24) is 5.32 Å². The Hall–Kier alpha value is -2.15. The lowest BCUT2D eigenvalue weighted by molar-refractivity contribution is -0.385. The summed E-state index contributed by atoms with van der Waals surface area (Å²) >= 11 is 0. The molecule has 0 aliphatic heterocycles. The van der Waals surface area contributed by atoms with Crippen molar-refractivity contribution in [2.75, 3.05) is 11.9 Å². The molecule has 0 saturated carbocycles. The number of nitro benzene ring substituents is 1. The molecule has 104 valence electrons. The molecular formula is C12H17N3O4. The predicted molar refractivity (Wildman–Crippen MR) is 71.2 cm³/mol. The lowest BCUT2D eigenvalue weighted by Crippen LogP contribution is -2.48. The van der Waals surface area contributed by atoms with Crippen LogP contribution in [-0.2, 0) is 0 Å². The number of nitrogens with one attached hydrogen (secondary N) is 2. The molecule has 7 heteroatoms. The van der Waals surface area contributed by atoms with Crippen LogP contribution in [0.4, 0.5) is 16.2 Å². The summed E-state index contributed by atoms with van der Waals surface area (Å²) in [5.41, 5.74) is -0.0808. The largest absolute Gasteiger partial charge is 0.394 e. The molecule has 0 aromatic heterocycles. The molecular weight excluding hydrogens is 250 g/mol. The van der Waals surface area contributed by atoms with E-state index in [0.717, 1.165) is 0 Å². The molecule has 0 aliphatic carbocycles. The Labute approximate surface area is 110 Å². The van der Waals surface area contributed by atoms with Gasteiger partial charge in [-0.25, -0.2) is 4.79 Å². The number of nitrogens with zero attached hydrogens (tertiary/aromatic N) is 1. The standard InChI is InChI=1S/C12H17N3O4/c1-8-9(5-4-6-10(8)15(18)19)13-11(17)14-12(2,3)7-16/h4-6,16H,7H2,1-3H3,(H2,13,14,17). The van der Waals surface area contributed by atoms with Crippen molar-refractivity contribution in [3.63, 3.8) is 0 Å². The summed E-state index contributed by atoms with van der Waals surface area (Å²) in [5.74, 6) is 0. The van der Waals surface area contributed by atoms with E-state index >= 15 is 0 Å². The smallest absolute Gasteiger partial charge is 0.319 e. The van der Waals surface area contributed by atoms with Crippen LogP contribution < -0.4 is 10.6 Å². The fourth-order valence-electron chi connectivity index (χ4n) is 1.46.